The summed E-state index contributed by atoms with van der Waals surface area (Å²) in [7, 11) is 1.67. The first-order chi connectivity index (χ1) is 11.8. The van der Waals surface area contributed by atoms with Crippen LogP contribution in [0, 0.1) is 20.8 Å². The van der Waals surface area contributed by atoms with Gasteiger partial charge in [0.15, 0.2) is 6.61 Å². The number of benzene rings is 1. The molecule has 132 valence electrons. The van der Waals surface area contributed by atoms with Crippen molar-refractivity contribution in [2.45, 2.75) is 27.3 Å². The first-order valence-corrected chi connectivity index (χ1v) is 8.26. The molecule has 1 amide bonds. The second-order valence-corrected chi connectivity index (χ2v) is 6.36. The summed E-state index contributed by atoms with van der Waals surface area (Å²) in [5.41, 5.74) is 3.73. The minimum Gasteiger partial charge on any atom is -0.452 e. The fourth-order valence-corrected chi connectivity index (χ4v) is 2.84. The molecule has 1 aromatic carbocycles. The van der Waals surface area contributed by atoms with Crippen molar-refractivity contribution < 1.29 is 14.3 Å². The van der Waals surface area contributed by atoms with Gasteiger partial charge in [0.1, 0.15) is 5.15 Å². The predicted molar refractivity (Wildman–Crippen MR) is 96.7 cm³/mol. The van der Waals surface area contributed by atoms with Crippen molar-refractivity contribution in [1.82, 2.24) is 9.88 Å². The summed E-state index contributed by atoms with van der Waals surface area (Å²) in [6, 6.07) is 9.57. The van der Waals surface area contributed by atoms with E-state index in [9.17, 15) is 9.59 Å². The molecule has 0 radical (unpaired) electrons. The van der Waals surface area contributed by atoms with Crippen molar-refractivity contribution in [2.24, 2.45) is 0 Å². The number of rotatable bonds is 5. The van der Waals surface area contributed by atoms with Crippen LogP contribution in [0.5, 0.6) is 0 Å². The molecule has 0 unspecified atom stereocenters. The third-order valence-corrected chi connectivity index (χ3v) is 4.20. The molecule has 2 aromatic rings. The van der Waals surface area contributed by atoms with Gasteiger partial charge in [-0.15, -0.1) is 0 Å². The molecule has 0 N–H and O–H groups in total. The van der Waals surface area contributed by atoms with Gasteiger partial charge in [0.2, 0.25) is 0 Å². The van der Waals surface area contributed by atoms with Crippen molar-refractivity contribution >= 4 is 23.5 Å². The van der Waals surface area contributed by atoms with Crippen LogP contribution in [0.1, 0.15) is 32.7 Å². The average Bonchev–Trinajstić information content (AvgIpc) is 2.53. The number of halogens is 1. The number of nitrogens with zero attached hydrogens (tertiary/aromatic N) is 2. The number of hydrogen-bond acceptors (Lipinski definition) is 4. The maximum atomic E-state index is 12.2. The Kier molecular flexibility index (Phi) is 6.15. The van der Waals surface area contributed by atoms with Crippen LogP contribution >= 0.6 is 11.6 Å². The van der Waals surface area contributed by atoms with E-state index < -0.39 is 5.97 Å². The van der Waals surface area contributed by atoms with Gasteiger partial charge in [0, 0.05) is 19.3 Å². The number of amides is 1. The number of ether oxygens (including phenoxy) is 1. The van der Waals surface area contributed by atoms with Crippen molar-refractivity contribution in [2.75, 3.05) is 13.7 Å². The number of aromatic nitrogens is 1. The quantitative estimate of drug-likeness (QED) is 0.605. The van der Waals surface area contributed by atoms with Gasteiger partial charge in [-0.3, -0.25) is 4.79 Å². The summed E-state index contributed by atoms with van der Waals surface area (Å²) < 4.78 is 5.13. The monoisotopic (exact) mass is 360 g/mol. The number of carbonyl (C=O) groups is 2. The summed E-state index contributed by atoms with van der Waals surface area (Å²) in [6.07, 6.45) is 0. The van der Waals surface area contributed by atoms with Crippen LogP contribution in [0.3, 0.4) is 0 Å². The molecule has 0 bridgehead atoms. The Morgan fingerprint density at radius 3 is 2.48 bits per heavy atom. The molecule has 25 heavy (non-hydrogen) atoms. The number of pyridine rings is 1. The van der Waals surface area contributed by atoms with Crippen LogP contribution in [0.25, 0.3) is 0 Å². The lowest BCUT2D eigenvalue weighted by Crippen LogP contribution is -2.31. The van der Waals surface area contributed by atoms with Crippen LogP contribution in [0.4, 0.5) is 0 Å². The molecule has 0 saturated carbocycles. The molecule has 0 spiro atoms. The summed E-state index contributed by atoms with van der Waals surface area (Å²) in [6.45, 7) is 5.64. The topological polar surface area (TPSA) is 59.5 Å². The largest absolute Gasteiger partial charge is 0.452 e. The smallest absolute Gasteiger partial charge is 0.342 e. The Hall–Kier alpha value is -2.40. The normalized spacial score (nSPS) is 10.4. The maximum absolute atomic E-state index is 12.2. The zero-order chi connectivity index (χ0) is 18.6. The van der Waals surface area contributed by atoms with Crippen LogP contribution in [-0.2, 0) is 16.1 Å². The fraction of sp³-hybridized carbons (Fsp3) is 0.316. The van der Waals surface area contributed by atoms with Gasteiger partial charge in [0.05, 0.1) is 5.56 Å². The summed E-state index contributed by atoms with van der Waals surface area (Å²) in [5, 5.41) is 0.0863. The van der Waals surface area contributed by atoms with Crippen molar-refractivity contribution in [3.05, 3.63) is 63.4 Å². The first kappa shape index (κ1) is 18.9. The highest BCUT2D eigenvalue weighted by Crippen LogP contribution is 2.19. The van der Waals surface area contributed by atoms with Gasteiger partial charge >= 0.3 is 5.97 Å². The van der Waals surface area contributed by atoms with E-state index in [1.54, 1.807) is 27.0 Å². The highest BCUT2D eigenvalue weighted by Gasteiger charge is 2.19. The number of esters is 1. The molecule has 0 aliphatic rings. The maximum Gasteiger partial charge on any atom is 0.342 e. The molecule has 0 saturated heterocycles. The molecule has 0 atom stereocenters. The molecule has 5 nitrogen and oxygen atoms in total. The molecule has 0 aliphatic heterocycles. The Morgan fingerprint density at radius 2 is 1.84 bits per heavy atom. The summed E-state index contributed by atoms with van der Waals surface area (Å²) in [5.74, 6) is -0.932. The number of carbonyl (C=O) groups excluding carboxylic acids is 2. The van der Waals surface area contributed by atoms with Crippen molar-refractivity contribution in [3.8, 4) is 0 Å². The van der Waals surface area contributed by atoms with E-state index in [1.807, 2.05) is 31.2 Å². The number of hydrogen-bond donors (Lipinski definition) is 0. The van der Waals surface area contributed by atoms with E-state index in [2.05, 4.69) is 4.98 Å². The Bertz CT molecular complexity index is 782. The highest BCUT2D eigenvalue weighted by molar-refractivity contribution is 6.32. The van der Waals surface area contributed by atoms with Crippen LogP contribution in [0.15, 0.2) is 30.3 Å². The van der Waals surface area contributed by atoms with Gasteiger partial charge in [0.25, 0.3) is 5.91 Å². The number of likely N-dealkylation sites (N-methyl/N-ethyl adjacent to an activating group) is 1. The molecule has 0 fully saturated rings. The first-order valence-electron chi connectivity index (χ1n) is 7.89. The molecular formula is C19H21ClN2O3. The van der Waals surface area contributed by atoms with Gasteiger partial charge in [-0.25, -0.2) is 9.78 Å². The lowest BCUT2D eigenvalue weighted by molar-refractivity contribution is -0.133. The van der Waals surface area contributed by atoms with Gasteiger partial charge in [-0.1, -0.05) is 35.9 Å². The second kappa shape index (κ2) is 8.12. The molecule has 2 rings (SSSR count). The lowest BCUT2D eigenvalue weighted by Gasteiger charge is -2.18. The molecular weight excluding hydrogens is 340 g/mol. The summed E-state index contributed by atoms with van der Waals surface area (Å²) >= 11 is 6.02. The zero-order valence-corrected chi connectivity index (χ0v) is 15.6. The Balaban J connectivity index is 1.98. The Morgan fingerprint density at radius 1 is 1.16 bits per heavy atom. The third kappa shape index (κ3) is 4.79. The minimum absolute atomic E-state index is 0.0863. The van der Waals surface area contributed by atoms with Crippen LogP contribution in [-0.4, -0.2) is 35.4 Å². The van der Waals surface area contributed by atoms with Gasteiger partial charge in [-0.2, -0.15) is 0 Å². The second-order valence-electron chi connectivity index (χ2n) is 6.00. The number of aryl methyl sites for hydroxylation is 3. The van der Waals surface area contributed by atoms with E-state index in [1.165, 1.54) is 4.90 Å². The fourth-order valence-electron chi connectivity index (χ4n) is 2.48. The highest BCUT2D eigenvalue weighted by atomic mass is 35.5. The lowest BCUT2D eigenvalue weighted by atomic mass is 10.1. The van der Waals surface area contributed by atoms with E-state index >= 15 is 0 Å². The van der Waals surface area contributed by atoms with Crippen molar-refractivity contribution in [3.63, 3.8) is 0 Å². The molecule has 0 aliphatic carbocycles. The summed E-state index contributed by atoms with van der Waals surface area (Å²) in [4.78, 5) is 30.0. The molecule has 1 aromatic heterocycles. The van der Waals surface area contributed by atoms with Gasteiger partial charge < -0.3 is 9.64 Å². The van der Waals surface area contributed by atoms with E-state index in [0.717, 1.165) is 11.1 Å². The van der Waals surface area contributed by atoms with Crippen molar-refractivity contribution in [1.29, 1.82) is 0 Å². The van der Waals surface area contributed by atoms with E-state index in [4.69, 9.17) is 16.3 Å². The SMILES string of the molecule is Cc1cc(C)c(C(=O)OCC(=O)N(C)Cc2ccccc2C)c(Cl)n1. The average molecular weight is 361 g/mol. The molecule has 1 heterocycles. The van der Waals surface area contributed by atoms with Crippen LogP contribution < -0.4 is 0 Å². The third-order valence-electron chi connectivity index (χ3n) is 3.93. The zero-order valence-electron chi connectivity index (χ0n) is 14.8. The predicted octanol–water partition coefficient (Wildman–Crippen LogP) is 3.48. The van der Waals surface area contributed by atoms with Gasteiger partial charge in [-0.05, 0) is 43.5 Å². The standard InChI is InChI=1S/C19H21ClN2O3/c1-12-7-5-6-8-15(12)10-22(4)16(23)11-25-19(24)17-13(2)9-14(3)21-18(17)20/h5-9H,10-11H2,1-4H3. The Labute approximate surface area is 152 Å². The minimum atomic E-state index is -0.646. The van der Waals surface area contributed by atoms with E-state index in [0.29, 0.717) is 17.8 Å². The molecule has 6 heteroatoms. The van der Waals surface area contributed by atoms with E-state index in [-0.39, 0.29) is 23.2 Å². The van der Waals surface area contributed by atoms with Crippen LogP contribution in [0.2, 0.25) is 5.15 Å².